The summed E-state index contributed by atoms with van der Waals surface area (Å²) in [6.45, 7) is 1.43. The molecule has 0 radical (unpaired) electrons. The van der Waals surface area contributed by atoms with E-state index in [9.17, 15) is 4.79 Å². The molecule has 0 spiro atoms. The van der Waals surface area contributed by atoms with Gasteiger partial charge in [-0.1, -0.05) is 30.3 Å². The van der Waals surface area contributed by atoms with E-state index in [0.29, 0.717) is 12.1 Å². The monoisotopic (exact) mass is 292 g/mol. The zero-order chi connectivity index (χ0) is 15.5. The third-order valence-corrected chi connectivity index (χ3v) is 3.64. The zero-order valence-electron chi connectivity index (χ0n) is 12.8. The van der Waals surface area contributed by atoms with Crippen molar-refractivity contribution in [3.05, 3.63) is 54.1 Å². The van der Waals surface area contributed by atoms with Crippen LogP contribution in [0.3, 0.4) is 0 Å². The van der Waals surface area contributed by atoms with Gasteiger partial charge in [-0.05, 0) is 32.3 Å². The first-order valence-electron chi connectivity index (χ1n) is 7.36. The fraction of sp³-hybridized carbons (Fsp3) is 0.222. The van der Waals surface area contributed by atoms with Crippen molar-refractivity contribution < 1.29 is 4.79 Å². The van der Waals surface area contributed by atoms with E-state index < -0.39 is 0 Å². The number of benzene rings is 2. The summed E-state index contributed by atoms with van der Waals surface area (Å²) in [6.07, 6.45) is 0. The number of hydrogen-bond donors (Lipinski definition) is 1. The van der Waals surface area contributed by atoms with E-state index in [1.807, 2.05) is 61.5 Å². The van der Waals surface area contributed by atoms with E-state index >= 15 is 0 Å². The maximum atomic E-state index is 12.4. The van der Waals surface area contributed by atoms with Gasteiger partial charge in [-0.15, -0.1) is 0 Å². The Labute approximate surface area is 129 Å². The summed E-state index contributed by atoms with van der Waals surface area (Å²) in [6, 6.07) is 15.8. The molecule has 0 aliphatic rings. The number of likely N-dealkylation sites (N-methyl/N-ethyl adjacent to an activating group) is 1. The third-order valence-electron chi connectivity index (χ3n) is 3.64. The summed E-state index contributed by atoms with van der Waals surface area (Å²) in [7, 11) is 3.97. The molecule has 0 fully saturated rings. The smallest absolute Gasteiger partial charge is 0.253 e. The lowest BCUT2D eigenvalue weighted by atomic mass is 10.1. The van der Waals surface area contributed by atoms with Crippen LogP contribution in [-0.2, 0) is 0 Å². The van der Waals surface area contributed by atoms with Crippen molar-refractivity contribution >= 4 is 27.7 Å². The van der Waals surface area contributed by atoms with Crippen molar-refractivity contribution in [1.29, 1.82) is 0 Å². The largest absolute Gasteiger partial charge is 0.351 e. The van der Waals surface area contributed by atoms with Gasteiger partial charge in [-0.25, -0.2) is 4.98 Å². The van der Waals surface area contributed by atoms with Crippen molar-refractivity contribution in [1.82, 2.24) is 15.2 Å². The van der Waals surface area contributed by atoms with Gasteiger partial charge in [0.1, 0.15) is 0 Å². The van der Waals surface area contributed by atoms with Crippen molar-refractivity contribution in [3.8, 4) is 0 Å². The maximum Gasteiger partial charge on any atom is 0.253 e. The van der Waals surface area contributed by atoms with Crippen molar-refractivity contribution in [2.45, 2.75) is 0 Å². The fourth-order valence-electron chi connectivity index (χ4n) is 2.47. The molecule has 2 aromatic carbocycles. The molecule has 112 valence electrons. The second kappa shape index (κ2) is 6.12. The number of aromatic nitrogens is 1. The Hall–Kier alpha value is -2.46. The molecule has 1 N–H and O–H groups in total. The predicted molar refractivity (Wildman–Crippen MR) is 90.1 cm³/mol. The van der Waals surface area contributed by atoms with Gasteiger partial charge in [0.2, 0.25) is 0 Å². The molecule has 0 atom stereocenters. The molecule has 4 nitrogen and oxygen atoms in total. The minimum absolute atomic E-state index is 0.0739. The molecule has 0 aliphatic heterocycles. The molecule has 3 aromatic rings. The summed E-state index contributed by atoms with van der Waals surface area (Å²) in [4.78, 5) is 19.1. The Bertz CT molecular complexity index is 827. The Balaban J connectivity index is 1.98. The van der Waals surface area contributed by atoms with Crippen LogP contribution in [0, 0.1) is 0 Å². The normalized spacial score (nSPS) is 11.2. The number of carbonyl (C=O) groups is 1. The minimum Gasteiger partial charge on any atom is -0.351 e. The lowest BCUT2D eigenvalue weighted by Gasteiger charge is -2.11. The van der Waals surface area contributed by atoms with Gasteiger partial charge >= 0.3 is 0 Å². The third kappa shape index (κ3) is 2.92. The number of pyridine rings is 1. The molecule has 1 amide bonds. The van der Waals surface area contributed by atoms with Crippen molar-refractivity contribution in [2.75, 3.05) is 27.2 Å². The van der Waals surface area contributed by atoms with Crippen LogP contribution in [0.25, 0.3) is 21.8 Å². The molecule has 4 heteroatoms. The maximum absolute atomic E-state index is 12.4. The SMILES string of the molecule is CN([11CH3])CCNC(=O)c1cccc2cc3ccccc3nc12. The summed E-state index contributed by atoms with van der Waals surface area (Å²) >= 11 is 0. The number of amides is 1. The fourth-order valence-corrected chi connectivity index (χ4v) is 2.47. The van der Waals surface area contributed by atoms with Crippen LogP contribution in [0.15, 0.2) is 48.5 Å². The summed E-state index contributed by atoms with van der Waals surface area (Å²) < 4.78 is 0. The number of nitrogens with zero attached hydrogens (tertiary/aromatic N) is 2. The van der Waals surface area contributed by atoms with Crippen LogP contribution in [0.5, 0.6) is 0 Å². The van der Waals surface area contributed by atoms with Crippen molar-refractivity contribution in [3.63, 3.8) is 0 Å². The highest BCUT2D eigenvalue weighted by Crippen LogP contribution is 2.22. The van der Waals surface area contributed by atoms with Crippen LogP contribution in [0.2, 0.25) is 0 Å². The van der Waals surface area contributed by atoms with Gasteiger partial charge in [-0.2, -0.15) is 0 Å². The molecule has 1 heterocycles. The number of hydrogen-bond acceptors (Lipinski definition) is 3. The van der Waals surface area contributed by atoms with Crippen LogP contribution >= 0.6 is 0 Å². The number of para-hydroxylation sites is 2. The molecule has 0 saturated carbocycles. The second-order valence-electron chi connectivity index (χ2n) is 5.62. The lowest BCUT2D eigenvalue weighted by molar-refractivity contribution is 0.0952. The lowest BCUT2D eigenvalue weighted by Crippen LogP contribution is -2.31. The number of carbonyl (C=O) groups excluding carboxylic acids is 1. The number of fused-ring (bicyclic) bond motifs is 2. The quantitative estimate of drug-likeness (QED) is 0.752. The van der Waals surface area contributed by atoms with Gasteiger partial charge < -0.3 is 10.2 Å². The second-order valence-corrected chi connectivity index (χ2v) is 5.62. The van der Waals surface area contributed by atoms with E-state index in [1.165, 1.54) is 0 Å². The summed E-state index contributed by atoms with van der Waals surface area (Å²) in [5, 5.41) is 5.02. The number of nitrogens with one attached hydrogen (secondary N) is 1. The van der Waals surface area contributed by atoms with Gasteiger partial charge in [-0.3, -0.25) is 4.79 Å². The van der Waals surface area contributed by atoms with Crippen molar-refractivity contribution in [2.24, 2.45) is 0 Å². The highest BCUT2D eigenvalue weighted by atomic mass is 16.1. The molecule has 1 aromatic heterocycles. The highest BCUT2D eigenvalue weighted by molar-refractivity contribution is 6.07. The molecule has 3 rings (SSSR count). The predicted octanol–water partition coefficient (Wildman–Crippen LogP) is 2.68. The van der Waals surface area contributed by atoms with E-state index in [1.54, 1.807) is 0 Å². The summed E-state index contributed by atoms with van der Waals surface area (Å²) in [5.41, 5.74) is 2.29. The first-order valence-corrected chi connectivity index (χ1v) is 7.36. The zero-order valence-corrected chi connectivity index (χ0v) is 12.8. The Morgan fingerprint density at radius 2 is 1.86 bits per heavy atom. The average molecular weight is 292 g/mol. The van der Waals surface area contributed by atoms with E-state index in [2.05, 4.69) is 16.4 Å². The molecule has 0 unspecified atom stereocenters. The van der Waals surface area contributed by atoms with Gasteiger partial charge in [0, 0.05) is 23.9 Å². The molecule has 0 saturated heterocycles. The Morgan fingerprint density at radius 3 is 2.68 bits per heavy atom. The van der Waals surface area contributed by atoms with E-state index in [4.69, 9.17) is 0 Å². The van der Waals surface area contributed by atoms with Gasteiger partial charge in [0.25, 0.3) is 5.91 Å². The Kier molecular flexibility index (Phi) is 4.02. The van der Waals surface area contributed by atoms with E-state index in [0.717, 1.165) is 28.4 Å². The summed E-state index contributed by atoms with van der Waals surface area (Å²) in [5.74, 6) is -0.0739. The minimum atomic E-state index is -0.0739. The van der Waals surface area contributed by atoms with Gasteiger partial charge in [0.05, 0.1) is 16.6 Å². The first kappa shape index (κ1) is 14.5. The molecular formula is C18H19N3O. The standard InChI is InChI=1S/C18H19N3O/c1-21(2)11-10-19-18(22)15-8-5-7-14-12-13-6-3-4-9-16(13)20-17(14)15/h3-9,12H,10-11H2,1-2H3,(H,19,22)/i1-1. The average Bonchev–Trinajstić information content (AvgIpc) is 2.51. The molecular weight excluding hydrogens is 273 g/mol. The molecule has 0 aliphatic carbocycles. The van der Waals surface area contributed by atoms with Crippen LogP contribution in [0.1, 0.15) is 10.4 Å². The highest BCUT2D eigenvalue weighted by Gasteiger charge is 2.11. The molecule has 0 bridgehead atoms. The van der Waals surface area contributed by atoms with Gasteiger partial charge in [0.15, 0.2) is 0 Å². The first-order chi connectivity index (χ1) is 10.6. The van der Waals surface area contributed by atoms with Crippen LogP contribution in [-0.4, -0.2) is 43.0 Å². The van der Waals surface area contributed by atoms with E-state index in [-0.39, 0.29) is 5.91 Å². The topological polar surface area (TPSA) is 45.2 Å². The number of rotatable bonds is 4. The van der Waals surface area contributed by atoms with Crippen LogP contribution < -0.4 is 5.32 Å². The molecule has 22 heavy (non-hydrogen) atoms. The Morgan fingerprint density at radius 1 is 1.09 bits per heavy atom. The van der Waals surface area contributed by atoms with Crippen LogP contribution in [0.4, 0.5) is 0 Å².